The van der Waals surface area contributed by atoms with Gasteiger partial charge in [0.2, 0.25) is 0 Å². The lowest BCUT2D eigenvalue weighted by Gasteiger charge is -2.01. The van der Waals surface area contributed by atoms with Crippen LogP contribution in [0.5, 0.6) is 0 Å². The molecule has 0 atom stereocenters. The summed E-state index contributed by atoms with van der Waals surface area (Å²) in [6.07, 6.45) is 1.46. The SMILES string of the molecule is O=c1ccnc(-c2ccc(Br)c(Cl)c2)[nH]1. The predicted octanol–water partition coefficient (Wildman–Crippen LogP) is 2.85. The van der Waals surface area contributed by atoms with Crippen LogP contribution in [0, 0.1) is 0 Å². The number of nitrogens with one attached hydrogen (secondary N) is 1. The minimum atomic E-state index is -0.181. The predicted molar refractivity (Wildman–Crippen MR) is 63.0 cm³/mol. The van der Waals surface area contributed by atoms with Gasteiger partial charge in [-0.1, -0.05) is 17.7 Å². The number of hydrogen-bond donors (Lipinski definition) is 1. The Morgan fingerprint density at radius 2 is 2.13 bits per heavy atom. The van der Waals surface area contributed by atoms with E-state index in [1.54, 1.807) is 6.07 Å². The van der Waals surface area contributed by atoms with E-state index in [1.165, 1.54) is 12.3 Å². The van der Waals surface area contributed by atoms with Gasteiger partial charge in [-0.15, -0.1) is 0 Å². The fourth-order valence-electron chi connectivity index (χ4n) is 1.16. The highest BCUT2D eigenvalue weighted by atomic mass is 79.9. The van der Waals surface area contributed by atoms with Gasteiger partial charge in [0, 0.05) is 22.3 Å². The van der Waals surface area contributed by atoms with Gasteiger partial charge in [0.1, 0.15) is 5.82 Å². The second kappa shape index (κ2) is 4.16. The largest absolute Gasteiger partial charge is 0.307 e. The molecule has 0 saturated carbocycles. The molecule has 0 amide bonds. The number of halogens is 2. The average molecular weight is 286 g/mol. The maximum Gasteiger partial charge on any atom is 0.251 e. The summed E-state index contributed by atoms with van der Waals surface area (Å²) >= 11 is 9.23. The van der Waals surface area contributed by atoms with Crippen molar-refractivity contribution in [3.05, 3.63) is 50.3 Å². The molecule has 0 radical (unpaired) electrons. The summed E-state index contributed by atoms with van der Waals surface area (Å²) < 4.78 is 0.811. The number of aromatic amines is 1. The molecule has 3 nitrogen and oxygen atoms in total. The van der Waals surface area contributed by atoms with Gasteiger partial charge in [-0.2, -0.15) is 0 Å². The van der Waals surface area contributed by atoms with Crippen molar-refractivity contribution in [3.8, 4) is 11.4 Å². The Bertz CT molecular complexity index is 553. The zero-order valence-electron chi connectivity index (χ0n) is 7.50. The zero-order chi connectivity index (χ0) is 10.8. The molecule has 76 valence electrons. The van der Waals surface area contributed by atoms with Crippen molar-refractivity contribution in [2.45, 2.75) is 0 Å². The molecule has 1 heterocycles. The zero-order valence-corrected chi connectivity index (χ0v) is 9.84. The Labute approximate surface area is 99.3 Å². The van der Waals surface area contributed by atoms with E-state index in [2.05, 4.69) is 25.9 Å². The fraction of sp³-hybridized carbons (Fsp3) is 0. The van der Waals surface area contributed by atoms with Crippen LogP contribution in [0.3, 0.4) is 0 Å². The number of rotatable bonds is 1. The Kier molecular flexibility index (Phi) is 2.88. The van der Waals surface area contributed by atoms with Crippen LogP contribution >= 0.6 is 27.5 Å². The monoisotopic (exact) mass is 284 g/mol. The van der Waals surface area contributed by atoms with Gasteiger partial charge in [0.05, 0.1) is 5.02 Å². The van der Waals surface area contributed by atoms with Crippen LogP contribution < -0.4 is 5.56 Å². The molecule has 0 fully saturated rings. The molecule has 0 saturated heterocycles. The second-order valence-electron chi connectivity index (χ2n) is 2.91. The van der Waals surface area contributed by atoms with Gasteiger partial charge in [-0.25, -0.2) is 4.98 Å². The summed E-state index contributed by atoms with van der Waals surface area (Å²) in [6.45, 7) is 0. The summed E-state index contributed by atoms with van der Waals surface area (Å²) in [5.74, 6) is 0.511. The van der Waals surface area contributed by atoms with E-state index < -0.39 is 0 Å². The maximum atomic E-state index is 11.1. The Morgan fingerprint density at radius 3 is 2.80 bits per heavy atom. The third-order valence-corrected chi connectivity index (χ3v) is 3.10. The minimum absolute atomic E-state index is 0.181. The van der Waals surface area contributed by atoms with Crippen LogP contribution in [0.1, 0.15) is 0 Å². The lowest BCUT2D eigenvalue weighted by atomic mass is 10.2. The fourth-order valence-corrected chi connectivity index (χ4v) is 1.59. The van der Waals surface area contributed by atoms with E-state index in [0.717, 1.165) is 10.0 Å². The second-order valence-corrected chi connectivity index (χ2v) is 4.17. The molecule has 0 unspecified atom stereocenters. The van der Waals surface area contributed by atoms with Crippen molar-refractivity contribution in [3.63, 3.8) is 0 Å². The van der Waals surface area contributed by atoms with Crippen molar-refractivity contribution in [2.75, 3.05) is 0 Å². The number of hydrogen-bond acceptors (Lipinski definition) is 2. The first-order valence-corrected chi connectivity index (χ1v) is 5.34. The lowest BCUT2D eigenvalue weighted by molar-refractivity contribution is 1.13. The van der Waals surface area contributed by atoms with Gasteiger partial charge in [0.25, 0.3) is 5.56 Å². The Balaban J connectivity index is 2.55. The van der Waals surface area contributed by atoms with Crippen molar-refractivity contribution in [1.82, 2.24) is 9.97 Å². The van der Waals surface area contributed by atoms with Gasteiger partial charge in [-0.05, 0) is 28.1 Å². The molecular weight excluding hydrogens is 279 g/mol. The standard InChI is InChI=1S/C10H6BrClN2O/c11-7-2-1-6(5-8(7)12)10-13-4-3-9(15)14-10/h1-5H,(H,13,14,15). The normalized spacial score (nSPS) is 10.3. The molecule has 0 aliphatic carbocycles. The molecule has 1 N–H and O–H groups in total. The lowest BCUT2D eigenvalue weighted by Crippen LogP contribution is -2.05. The first-order chi connectivity index (χ1) is 7.16. The van der Waals surface area contributed by atoms with E-state index >= 15 is 0 Å². The van der Waals surface area contributed by atoms with Gasteiger partial charge >= 0.3 is 0 Å². The molecule has 0 aliphatic rings. The summed E-state index contributed by atoms with van der Waals surface area (Å²) in [6, 6.07) is 6.74. The van der Waals surface area contributed by atoms with Crippen LogP contribution in [0.15, 0.2) is 39.7 Å². The van der Waals surface area contributed by atoms with Gasteiger partial charge in [-0.3, -0.25) is 4.79 Å². The van der Waals surface area contributed by atoms with Crippen molar-refractivity contribution < 1.29 is 0 Å². The number of aromatic nitrogens is 2. The quantitative estimate of drug-likeness (QED) is 0.876. The molecule has 0 bridgehead atoms. The Morgan fingerprint density at radius 1 is 1.33 bits per heavy atom. The van der Waals surface area contributed by atoms with Crippen LogP contribution in [0.25, 0.3) is 11.4 Å². The van der Waals surface area contributed by atoms with Crippen LogP contribution in [0.4, 0.5) is 0 Å². The minimum Gasteiger partial charge on any atom is -0.307 e. The molecule has 2 rings (SSSR count). The van der Waals surface area contributed by atoms with Gasteiger partial charge < -0.3 is 4.98 Å². The summed E-state index contributed by atoms with van der Waals surface area (Å²) in [7, 11) is 0. The van der Waals surface area contributed by atoms with E-state index in [-0.39, 0.29) is 5.56 Å². The molecule has 5 heteroatoms. The molecule has 0 spiro atoms. The molecule has 1 aromatic heterocycles. The highest BCUT2D eigenvalue weighted by Gasteiger charge is 2.03. The summed E-state index contributed by atoms with van der Waals surface area (Å²) in [5, 5.41) is 0.582. The first-order valence-electron chi connectivity index (χ1n) is 4.17. The van der Waals surface area contributed by atoms with E-state index in [1.807, 2.05) is 12.1 Å². The third kappa shape index (κ3) is 2.27. The smallest absolute Gasteiger partial charge is 0.251 e. The van der Waals surface area contributed by atoms with E-state index in [4.69, 9.17) is 11.6 Å². The maximum absolute atomic E-state index is 11.1. The van der Waals surface area contributed by atoms with Gasteiger partial charge in [0.15, 0.2) is 0 Å². The molecule has 2 aromatic rings. The highest BCUT2D eigenvalue weighted by molar-refractivity contribution is 9.10. The van der Waals surface area contributed by atoms with Crippen LogP contribution in [0.2, 0.25) is 5.02 Å². The summed E-state index contributed by atoms with van der Waals surface area (Å²) in [5.41, 5.74) is 0.597. The van der Waals surface area contributed by atoms with E-state index in [9.17, 15) is 4.79 Å². The molecule has 15 heavy (non-hydrogen) atoms. The Hall–Kier alpha value is -1.13. The number of H-pyrrole nitrogens is 1. The molecular formula is C10H6BrClN2O. The molecule has 0 aliphatic heterocycles. The van der Waals surface area contributed by atoms with Crippen molar-refractivity contribution in [1.29, 1.82) is 0 Å². The van der Waals surface area contributed by atoms with Crippen LogP contribution in [-0.4, -0.2) is 9.97 Å². The van der Waals surface area contributed by atoms with Crippen molar-refractivity contribution >= 4 is 27.5 Å². The summed E-state index contributed by atoms with van der Waals surface area (Å²) in [4.78, 5) is 17.8. The average Bonchev–Trinajstić information content (AvgIpc) is 2.22. The van der Waals surface area contributed by atoms with Crippen LogP contribution in [-0.2, 0) is 0 Å². The number of benzene rings is 1. The number of nitrogens with zero attached hydrogens (tertiary/aromatic N) is 1. The first kappa shape index (κ1) is 10.4. The molecule has 1 aromatic carbocycles. The third-order valence-electron chi connectivity index (χ3n) is 1.86. The topological polar surface area (TPSA) is 45.8 Å². The highest BCUT2D eigenvalue weighted by Crippen LogP contribution is 2.26. The van der Waals surface area contributed by atoms with E-state index in [0.29, 0.717) is 10.8 Å². The van der Waals surface area contributed by atoms with Crippen molar-refractivity contribution in [2.24, 2.45) is 0 Å².